The molecule has 1 aliphatic rings. The molecule has 24 heavy (non-hydrogen) atoms. The largest absolute Gasteiger partial charge is 0.478 e. The molecule has 1 amide bonds. The number of aryl methyl sites for hydroxylation is 1. The number of carboxylic acid groups (broad SMARTS) is 1. The van der Waals surface area contributed by atoms with Crippen molar-refractivity contribution in [2.24, 2.45) is 7.05 Å². The van der Waals surface area contributed by atoms with E-state index in [9.17, 15) is 9.59 Å². The molecule has 126 valence electrons. The lowest BCUT2D eigenvalue weighted by atomic mass is 9.96. The van der Waals surface area contributed by atoms with Crippen LogP contribution >= 0.6 is 0 Å². The van der Waals surface area contributed by atoms with Gasteiger partial charge < -0.3 is 10.0 Å². The fraction of sp³-hybridized carbons (Fsp3) is 0.389. The monoisotopic (exact) mass is 327 g/mol. The first-order chi connectivity index (χ1) is 11.4. The van der Waals surface area contributed by atoms with Crippen molar-refractivity contribution in [3.63, 3.8) is 0 Å². The summed E-state index contributed by atoms with van der Waals surface area (Å²) in [4.78, 5) is 25.9. The normalized spacial score (nSPS) is 13.9. The van der Waals surface area contributed by atoms with Crippen molar-refractivity contribution in [2.75, 3.05) is 6.54 Å². The third-order valence-corrected chi connectivity index (χ3v) is 4.39. The Hall–Kier alpha value is -2.63. The molecule has 1 aromatic carbocycles. The van der Waals surface area contributed by atoms with Gasteiger partial charge in [0, 0.05) is 26.3 Å². The molecule has 1 N–H and O–H groups in total. The van der Waals surface area contributed by atoms with E-state index >= 15 is 0 Å². The summed E-state index contributed by atoms with van der Waals surface area (Å²) in [5.41, 5.74) is 3.70. The highest BCUT2D eigenvalue weighted by Gasteiger charge is 2.26. The maximum absolute atomic E-state index is 12.9. The predicted octanol–water partition coefficient (Wildman–Crippen LogP) is 2.44. The second-order valence-electron chi connectivity index (χ2n) is 6.52. The summed E-state index contributed by atoms with van der Waals surface area (Å²) in [6.07, 6.45) is 2.50. The summed E-state index contributed by atoms with van der Waals surface area (Å²) in [5.74, 6) is -0.824. The third-order valence-electron chi connectivity index (χ3n) is 4.39. The zero-order chi connectivity index (χ0) is 17.4. The molecule has 0 unspecified atom stereocenters. The number of nitrogens with zero attached hydrogens (tertiary/aromatic N) is 3. The number of aromatic nitrogens is 2. The first-order valence-corrected chi connectivity index (χ1v) is 8.04. The Morgan fingerprint density at radius 2 is 2.00 bits per heavy atom. The summed E-state index contributed by atoms with van der Waals surface area (Å²) in [7, 11) is 1.81. The number of benzene rings is 1. The number of hydrogen-bond donors (Lipinski definition) is 1. The van der Waals surface area contributed by atoms with Gasteiger partial charge in [0.05, 0.1) is 16.8 Å². The Morgan fingerprint density at radius 3 is 2.67 bits per heavy atom. The minimum atomic E-state index is -0.949. The van der Waals surface area contributed by atoms with Crippen LogP contribution in [0.5, 0.6) is 0 Å². The lowest BCUT2D eigenvalue weighted by Gasteiger charge is -2.29. The quantitative estimate of drug-likeness (QED) is 0.939. The number of fused-ring (bicyclic) bond motifs is 1. The maximum Gasteiger partial charge on any atom is 0.335 e. The summed E-state index contributed by atoms with van der Waals surface area (Å²) >= 11 is 0. The number of carboxylic acids is 1. The zero-order valence-electron chi connectivity index (χ0n) is 14.1. The van der Waals surface area contributed by atoms with Gasteiger partial charge in [-0.05, 0) is 35.6 Å². The van der Waals surface area contributed by atoms with Gasteiger partial charge in [0.25, 0.3) is 5.91 Å². The van der Waals surface area contributed by atoms with Gasteiger partial charge in [0.2, 0.25) is 0 Å². The standard InChI is InChI=1S/C18H21N3O3/c1-11(2)16-15(10-20(3)19-16)17(22)21-7-6-12-4-5-13(18(23)24)8-14(12)9-21/h4-5,8,10-11H,6-7,9H2,1-3H3,(H,23,24). The van der Waals surface area contributed by atoms with Crippen molar-refractivity contribution in [1.82, 2.24) is 14.7 Å². The molecule has 0 saturated carbocycles. The van der Waals surface area contributed by atoms with Crippen LogP contribution in [0.4, 0.5) is 0 Å². The molecule has 0 atom stereocenters. The molecule has 2 heterocycles. The molecule has 1 aromatic heterocycles. The average molecular weight is 327 g/mol. The highest BCUT2D eigenvalue weighted by atomic mass is 16.4. The first-order valence-electron chi connectivity index (χ1n) is 8.04. The summed E-state index contributed by atoms with van der Waals surface area (Å²) < 4.78 is 1.67. The second kappa shape index (κ2) is 6.11. The summed E-state index contributed by atoms with van der Waals surface area (Å²) in [6, 6.07) is 5.14. The van der Waals surface area contributed by atoms with Crippen LogP contribution in [0.25, 0.3) is 0 Å². The molecule has 0 saturated heterocycles. The van der Waals surface area contributed by atoms with E-state index in [2.05, 4.69) is 5.10 Å². The molecule has 1 aliphatic heterocycles. The zero-order valence-corrected chi connectivity index (χ0v) is 14.1. The fourth-order valence-corrected chi connectivity index (χ4v) is 3.13. The highest BCUT2D eigenvalue weighted by Crippen LogP contribution is 2.24. The number of amides is 1. The van der Waals surface area contributed by atoms with Crippen molar-refractivity contribution in [1.29, 1.82) is 0 Å². The summed E-state index contributed by atoms with van der Waals surface area (Å²) in [6.45, 7) is 5.10. The van der Waals surface area contributed by atoms with Crippen molar-refractivity contribution < 1.29 is 14.7 Å². The van der Waals surface area contributed by atoms with Crippen LogP contribution in [0, 0.1) is 0 Å². The van der Waals surface area contributed by atoms with Crippen molar-refractivity contribution in [2.45, 2.75) is 32.7 Å². The van der Waals surface area contributed by atoms with Crippen LogP contribution < -0.4 is 0 Å². The first kappa shape index (κ1) is 16.2. The molecule has 0 spiro atoms. The minimum Gasteiger partial charge on any atom is -0.478 e. The van der Waals surface area contributed by atoms with Gasteiger partial charge in [-0.2, -0.15) is 5.10 Å². The molecule has 0 bridgehead atoms. The number of rotatable bonds is 3. The predicted molar refractivity (Wildman–Crippen MR) is 89.1 cm³/mol. The summed E-state index contributed by atoms with van der Waals surface area (Å²) in [5, 5.41) is 13.5. The van der Waals surface area contributed by atoms with E-state index in [1.807, 2.05) is 27.0 Å². The molecule has 6 heteroatoms. The molecule has 2 aromatic rings. The Labute approximate surface area is 140 Å². The Morgan fingerprint density at radius 1 is 1.25 bits per heavy atom. The van der Waals surface area contributed by atoms with Crippen LogP contribution in [-0.4, -0.2) is 38.2 Å². The molecule has 0 radical (unpaired) electrons. The van der Waals surface area contributed by atoms with Crippen molar-refractivity contribution in [3.05, 3.63) is 52.3 Å². The Bertz CT molecular complexity index is 808. The Kier molecular flexibility index (Phi) is 4.13. The maximum atomic E-state index is 12.9. The fourth-order valence-electron chi connectivity index (χ4n) is 3.13. The lowest BCUT2D eigenvalue weighted by Crippen LogP contribution is -2.36. The van der Waals surface area contributed by atoms with Gasteiger partial charge in [-0.1, -0.05) is 19.9 Å². The van der Waals surface area contributed by atoms with E-state index < -0.39 is 5.97 Å². The van der Waals surface area contributed by atoms with Gasteiger partial charge in [-0.25, -0.2) is 4.79 Å². The lowest BCUT2D eigenvalue weighted by molar-refractivity contribution is 0.0696. The van der Waals surface area contributed by atoms with Crippen LogP contribution in [0.1, 0.15) is 57.3 Å². The van der Waals surface area contributed by atoms with E-state index in [0.29, 0.717) is 18.7 Å². The van der Waals surface area contributed by atoms with Crippen LogP contribution in [0.15, 0.2) is 24.4 Å². The van der Waals surface area contributed by atoms with Crippen LogP contribution in [-0.2, 0) is 20.0 Å². The number of carbonyl (C=O) groups is 2. The number of aromatic carboxylic acids is 1. The van der Waals surface area contributed by atoms with E-state index in [1.54, 1.807) is 27.9 Å². The topological polar surface area (TPSA) is 75.4 Å². The van der Waals surface area contributed by atoms with Gasteiger partial charge >= 0.3 is 5.97 Å². The molecule has 0 aliphatic carbocycles. The van der Waals surface area contributed by atoms with Crippen molar-refractivity contribution in [3.8, 4) is 0 Å². The minimum absolute atomic E-state index is 0.0434. The molecule has 0 fully saturated rings. The van der Waals surface area contributed by atoms with Gasteiger partial charge in [-0.3, -0.25) is 9.48 Å². The number of hydrogen-bond acceptors (Lipinski definition) is 3. The number of carbonyl (C=O) groups excluding carboxylic acids is 1. The van der Waals surface area contributed by atoms with Gasteiger partial charge in [-0.15, -0.1) is 0 Å². The highest BCUT2D eigenvalue weighted by molar-refractivity contribution is 5.95. The van der Waals surface area contributed by atoms with E-state index in [-0.39, 0.29) is 17.4 Å². The van der Waals surface area contributed by atoms with Crippen LogP contribution in [0.2, 0.25) is 0 Å². The van der Waals surface area contributed by atoms with Gasteiger partial charge in [0.1, 0.15) is 0 Å². The second-order valence-corrected chi connectivity index (χ2v) is 6.52. The average Bonchev–Trinajstić information content (AvgIpc) is 2.95. The molecular weight excluding hydrogens is 306 g/mol. The van der Waals surface area contributed by atoms with E-state index in [4.69, 9.17) is 5.11 Å². The molecule has 6 nitrogen and oxygen atoms in total. The van der Waals surface area contributed by atoms with Crippen molar-refractivity contribution >= 4 is 11.9 Å². The SMILES string of the molecule is CC(C)c1nn(C)cc1C(=O)N1CCc2ccc(C(=O)O)cc2C1. The molecular formula is C18H21N3O3. The van der Waals surface area contributed by atoms with E-state index in [1.165, 1.54) is 0 Å². The Balaban J connectivity index is 1.88. The van der Waals surface area contributed by atoms with E-state index in [0.717, 1.165) is 23.2 Å². The van der Waals surface area contributed by atoms with Gasteiger partial charge in [0.15, 0.2) is 0 Å². The smallest absolute Gasteiger partial charge is 0.335 e. The molecule has 3 rings (SSSR count). The van der Waals surface area contributed by atoms with Crippen LogP contribution in [0.3, 0.4) is 0 Å². The third kappa shape index (κ3) is 2.91.